The molecule has 0 aliphatic heterocycles. The molecule has 14 heavy (non-hydrogen) atoms. The maximum atomic E-state index is 5.26. The van der Waals surface area contributed by atoms with Crippen molar-refractivity contribution >= 4 is 0 Å². The smallest absolute Gasteiger partial charge is 0.229 e. The number of aromatic nitrogens is 2. The van der Waals surface area contributed by atoms with E-state index < -0.39 is 0 Å². The third-order valence-corrected chi connectivity index (χ3v) is 2.77. The topological polar surface area (TPSA) is 51.0 Å². The second-order valence-electron chi connectivity index (χ2n) is 3.91. The van der Waals surface area contributed by atoms with Crippen molar-refractivity contribution in [3.05, 3.63) is 11.7 Å². The standard InChI is InChI=1S/C10H17N3O/c1-11-7-9-12-10(14-13-9)8-5-3-2-4-6-8/h8,11H,2-7H2,1H3. The quantitative estimate of drug-likeness (QED) is 0.799. The van der Waals surface area contributed by atoms with E-state index in [1.807, 2.05) is 7.05 Å². The lowest BCUT2D eigenvalue weighted by molar-refractivity contribution is 0.312. The summed E-state index contributed by atoms with van der Waals surface area (Å²) >= 11 is 0. The third-order valence-electron chi connectivity index (χ3n) is 2.77. The van der Waals surface area contributed by atoms with Crippen molar-refractivity contribution in [3.63, 3.8) is 0 Å². The molecule has 0 saturated heterocycles. The molecule has 1 aromatic heterocycles. The summed E-state index contributed by atoms with van der Waals surface area (Å²) in [6.45, 7) is 0.691. The summed E-state index contributed by atoms with van der Waals surface area (Å²) in [6.07, 6.45) is 6.37. The molecule has 0 amide bonds. The minimum atomic E-state index is 0.516. The molecule has 1 heterocycles. The predicted molar refractivity (Wildman–Crippen MR) is 52.9 cm³/mol. The Balaban J connectivity index is 2.00. The lowest BCUT2D eigenvalue weighted by Crippen LogP contribution is -2.08. The molecule has 0 unspecified atom stereocenters. The molecule has 1 N–H and O–H groups in total. The molecule has 4 heteroatoms. The van der Waals surface area contributed by atoms with Crippen LogP contribution in [0.5, 0.6) is 0 Å². The maximum absolute atomic E-state index is 5.26. The number of nitrogens with zero attached hydrogens (tertiary/aromatic N) is 2. The molecular weight excluding hydrogens is 178 g/mol. The van der Waals surface area contributed by atoms with E-state index in [-0.39, 0.29) is 0 Å². The Labute approximate surface area is 84.1 Å². The molecule has 78 valence electrons. The molecule has 1 aliphatic rings. The normalized spacial score (nSPS) is 18.6. The second kappa shape index (κ2) is 4.55. The number of rotatable bonds is 3. The van der Waals surface area contributed by atoms with Crippen molar-refractivity contribution in [1.82, 2.24) is 15.5 Å². The zero-order valence-electron chi connectivity index (χ0n) is 8.62. The lowest BCUT2D eigenvalue weighted by atomic mass is 9.89. The summed E-state index contributed by atoms with van der Waals surface area (Å²) in [5, 5.41) is 6.95. The Morgan fingerprint density at radius 1 is 1.36 bits per heavy atom. The highest BCUT2D eigenvalue weighted by Crippen LogP contribution is 2.31. The minimum Gasteiger partial charge on any atom is -0.339 e. The molecule has 4 nitrogen and oxygen atoms in total. The van der Waals surface area contributed by atoms with Crippen molar-refractivity contribution in [3.8, 4) is 0 Å². The van der Waals surface area contributed by atoms with E-state index in [0.29, 0.717) is 12.5 Å². The van der Waals surface area contributed by atoms with E-state index in [9.17, 15) is 0 Å². The first-order valence-electron chi connectivity index (χ1n) is 5.37. The first-order valence-corrected chi connectivity index (χ1v) is 5.37. The average Bonchev–Trinajstić information content (AvgIpc) is 2.68. The zero-order chi connectivity index (χ0) is 9.80. The van der Waals surface area contributed by atoms with Crippen LogP contribution in [0.3, 0.4) is 0 Å². The van der Waals surface area contributed by atoms with Gasteiger partial charge in [0.1, 0.15) is 0 Å². The predicted octanol–water partition coefficient (Wildman–Crippen LogP) is 1.84. The van der Waals surface area contributed by atoms with Crippen LogP contribution in [-0.2, 0) is 6.54 Å². The van der Waals surface area contributed by atoms with Gasteiger partial charge in [0, 0.05) is 5.92 Å². The Morgan fingerprint density at radius 3 is 2.86 bits per heavy atom. The molecular formula is C10H17N3O. The van der Waals surface area contributed by atoms with Crippen LogP contribution < -0.4 is 5.32 Å². The van der Waals surface area contributed by atoms with Gasteiger partial charge in [0.15, 0.2) is 5.82 Å². The van der Waals surface area contributed by atoms with Gasteiger partial charge in [-0.25, -0.2) is 0 Å². The van der Waals surface area contributed by atoms with Gasteiger partial charge < -0.3 is 9.84 Å². The van der Waals surface area contributed by atoms with Crippen LogP contribution in [0.25, 0.3) is 0 Å². The summed E-state index contributed by atoms with van der Waals surface area (Å²) in [5.41, 5.74) is 0. The Bertz CT molecular complexity index is 279. The molecule has 0 radical (unpaired) electrons. The number of hydrogen-bond donors (Lipinski definition) is 1. The van der Waals surface area contributed by atoms with Gasteiger partial charge in [0.2, 0.25) is 5.89 Å². The summed E-state index contributed by atoms with van der Waals surface area (Å²) in [4.78, 5) is 4.38. The monoisotopic (exact) mass is 195 g/mol. The Morgan fingerprint density at radius 2 is 2.14 bits per heavy atom. The molecule has 0 bridgehead atoms. The van der Waals surface area contributed by atoms with Crippen LogP contribution in [0.15, 0.2) is 4.52 Å². The van der Waals surface area contributed by atoms with Crippen LogP contribution >= 0.6 is 0 Å². The highest BCUT2D eigenvalue weighted by atomic mass is 16.5. The summed E-state index contributed by atoms with van der Waals surface area (Å²) in [5.74, 6) is 2.13. The van der Waals surface area contributed by atoms with E-state index in [0.717, 1.165) is 11.7 Å². The zero-order valence-corrected chi connectivity index (χ0v) is 8.62. The fraction of sp³-hybridized carbons (Fsp3) is 0.800. The van der Waals surface area contributed by atoms with Gasteiger partial charge in [-0.1, -0.05) is 24.4 Å². The molecule has 0 spiro atoms. The van der Waals surface area contributed by atoms with Crippen molar-refractivity contribution in [2.24, 2.45) is 0 Å². The van der Waals surface area contributed by atoms with Gasteiger partial charge in [-0.2, -0.15) is 4.98 Å². The van der Waals surface area contributed by atoms with Gasteiger partial charge >= 0.3 is 0 Å². The third kappa shape index (κ3) is 2.12. The van der Waals surface area contributed by atoms with Gasteiger partial charge in [-0.05, 0) is 19.9 Å². The van der Waals surface area contributed by atoms with Crippen molar-refractivity contribution in [2.45, 2.75) is 44.6 Å². The van der Waals surface area contributed by atoms with Crippen LogP contribution in [0.1, 0.15) is 49.7 Å². The van der Waals surface area contributed by atoms with Gasteiger partial charge in [-0.3, -0.25) is 0 Å². The molecule has 1 aromatic rings. The molecule has 1 saturated carbocycles. The van der Waals surface area contributed by atoms with E-state index in [4.69, 9.17) is 4.52 Å². The van der Waals surface area contributed by atoms with E-state index in [1.165, 1.54) is 32.1 Å². The number of nitrogens with one attached hydrogen (secondary N) is 1. The van der Waals surface area contributed by atoms with E-state index in [2.05, 4.69) is 15.5 Å². The molecule has 0 aromatic carbocycles. The molecule has 1 fully saturated rings. The van der Waals surface area contributed by atoms with Crippen LogP contribution in [0.4, 0.5) is 0 Å². The second-order valence-corrected chi connectivity index (χ2v) is 3.91. The van der Waals surface area contributed by atoms with E-state index >= 15 is 0 Å². The Hall–Kier alpha value is -0.900. The Kier molecular flexibility index (Phi) is 3.14. The van der Waals surface area contributed by atoms with Crippen molar-refractivity contribution < 1.29 is 4.52 Å². The molecule has 0 atom stereocenters. The summed E-state index contributed by atoms with van der Waals surface area (Å²) in [7, 11) is 1.89. The van der Waals surface area contributed by atoms with E-state index in [1.54, 1.807) is 0 Å². The summed E-state index contributed by atoms with van der Waals surface area (Å²) < 4.78 is 5.26. The molecule has 1 aliphatic carbocycles. The first kappa shape index (κ1) is 9.65. The summed E-state index contributed by atoms with van der Waals surface area (Å²) in [6, 6.07) is 0. The largest absolute Gasteiger partial charge is 0.339 e. The maximum Gasteiger partial charge on any atom is 0.229 e. The van der Waals surface area contributed by atoms with Gasteiger partial charge in [0.05, 0.1) is 6.54 Å². The fourth-order valence-corrected chi connectivity index (χ4v) is 2.01. The average molecular weight is 195 g/mol. The van der Waals surface area contributed by atoms with Crippen molar-refractivity contribution in [2.75, 3.05) is 7.05 Å². The first-order chi connectivity index (χ1) is 6.90. The van der Waals surface area contributed by atoms with Crippen molar-refractivity contribution in [1.29, 1.82) is 0 Å². The van der Waals surface area contributed by atoms with Gasteiger partial charge in [0.25, 0.3) is 0 Å². The number of hydrogen-bond acceptors (Lipinski definition) is 4. The van der Waals surface area contributed by atoms with Gasteiger partial charge in [-0.15, -0.1) is 0 Å². The molecule has 2 rings (SSSR count). The van der Waals surface area contributed by atoms with Crippen LogP contribution in [0, 0.1) is 0 Å². The highest BCUT2D eigenvalue weighted by molar-refractivity contribution is 4.95. The minimum absolute atomic E-state index is 0.516. The van der Waals surface area contributed by atoms with Crippen LogP contribution in [0.2, 0.25) is 0 Å². The fourth-order valence-electron chi connectivity index (χ4n) is 2.01. The van der Waals surface area contributed by atoms with Crippen LogP contribution in [-0.4, -0.2) is 17.2 Å². The lowest BCUT2D eigenvalue weighted by Gasteiger charge is -2.17. The highest BCUT2D eigenvalue weighted by Gasteiger charge is 2.21. The SMILES string of the molecule is CNCc1noc(C2CCCCC2)n1.